The second-order valence-electron chi connectivity index (χ2n) is 3.75. The van der Waals surface area contributed by atoms with Crippen molar-refractivity contribution in [2.24, 2.45) is 5.10 Å². The molecule has 5 heteroatoms. The fourth-order valence-corrected chi connectivity index (χ4v) is 1.43. The second kappa shape index (κ2) is 10.3. The lowest BCUT2D eigenvalue weighted by atomic mass is 10.1. The molecule has 92 valence electrons. The van der Waals surface area contributed by atoms with Gasteiger partial charge in [-0.3, -0.25) is 10.0 Å². The average molecular weight is 228 g/mol. The van der Waals surface area contributed by atoms with E-state index in [9.17, 15) is 9.59 Å². The van der Waals surface area contributed by atoms with Crippen molar-refractivity contribution in [2.75, 3.05) is 0 Å². The van der Waals surface area contributed by atoms with E-state index in [2.05, 4.69) is 12.0 Å². The zero-order chi connectivity index (χ0) is 12.2. The molecule has 0 aromatic rings. The van der Waals surface area contributed by atoms with Crippen molar-refractivity contribution in [3.05, 3.63) is 0 Å². The minimum absolute atomic E-state index is 0.0596. The van der Waals surface area contributed by atoms with Gasteiger partial charge in [0.15, 0.2) is 0 Å². The first-order chi connectivity index (χ1) is 7.72. The molecule has 0 saturated carbocycles. The minimum atomic E-state index is -0.558. The van der Waals surface area contributed by atoms with Crippen LogP contribution in [0, 0.1) is 0 Å². The molecule has 0 aromatic heterocycles. The minimum Gasteiger partial charge on any atom is -0.270 e. The number of hydrogen-bond acceptors (Lipinski definition) is 4. The van der Waals surface area contributed by atoms with E-state index in [1.54, 1.807) is 0 Å². The maximum Gasteiger partial charge on any atom is 0.269 e. The highest BCUT2D eigenvalue weighted by molar-refractivity contribution is 5.74. The fourth-order valence-electron chi connectivity index (χ4n) is 1.43. The van der Waals surface area contributed by atoms with Gasteiger partial charge >= 0.3 is 0 Å². The molecule has 1 N–H and O–H groups in total. The van der Waals surface area contributed by atoms with E-state index in [0.717, 1.165) is 25.3 Å². The zero-order valence-electron chi connectivity index (χ0n) is 9.81. The molecule has 16 heavy (non-hydrogen) atoms. The lowest BCUT2D eigenvalue weighted by Crippen LogP contribution is -2.20. The number of nitrogens with zero attached hydrogens (tertiary/aromatic N) is 2. The number of amides is 1. The molecule has 1 amide bonds. The van der Waals surface area contributed by atoms with E-state index in [1.165, 1.54) is 25.7 Å². The monoisotopic (exact) mass is 228 g/mol. The summed E-state index contributed by atoms with van der Waals surface area (Å²) < 4.78 is 0. The number of carbonyl (C=O) groups excluding carboxylic acids is 2. The molecule has 0 fully saturated rings. The Bertz CT molecular complexity index is 237. The Morgan fingerprint density at radius 1 is 1.19 bits per heavy atom. The summed E-state index contributed by atoms with van der Waals surface area (Å²) in [4.78, 5) is 20.8. The summed E-state index contributed by atoms with van der Waals surface area (Å²) in [5.74, 6) is -0.558. The summed E-state index contributed by atoms with van der Waals surface area (Å²) in [6, 6.07) is 0. The Morgan fingerprint density at radius 3 is 2.31 bits per heavy atom. The maximum absolute atomic E-state index is 11.1. The van der Waals surface area contributed by atoms with Crippen LogP contribution in [0.25, 0.3) is 0 Å². The predicted molar refractivity (Wildman–Crippen MR) is 59.4 cm³/mol. The van der Waals surface area contributed by atoms with Crippen LogP contribution in [0.2, 0.25) is 0 Å². The molecular formula is C11H20N2O3. The third kappa shape index (κ3) is 8.15. The number of unbranched alkanes of at least 4 members (excludes halogenated alkanes) is 6. The van der Waals surface area contributed by atoms with E-state index < -0.39 is 5.91 Å². The van der Waals surface area contributed by atoms with Gasteiger partial charge in [-0.2, -0.15) is 0 Å². The fraction of sp³-hybridized carbons (Fsp3) is 0.818. The molecule has 0 heterocycles. The van der Waals surface area contributed by atoms with Crippen LogP contribution in [0.4, 0.5) is 0 Å². The first kappa shape index (κ1) is 14.8. The Balaban J connectivity index is 3.37. The summed E-state index contributed by atoms with van der Waals surface area (Å²) in [6.07, 6.45) is 9.03. The van der Waals surface area contributed by atoms with Gasteiger partial charge in [0, 0.05) is 6.42 Å². The molecule has 0 aromatic carbocycles. The number of rotatable bonds is 9. The van der Waals surface area contributed by atoms with Gasteiger partial charge in [0.1, 0.15) is 0 Å². The van der Waals surface area contributed by atoms with Crippen molar-refractivity contribution >= 4 is 12.0 Å². The molecule has 0 atom stereocenters. The molecule has 0 aliphatic heterocycles. The maximum atomic E-state index is 11.1. The lowest BCUT2D eigenvalue weighted by Gasteiger charge is -2.05. The number of carbonyl (C=O) groups is 1. The third-order valence-corrected chi connectivity index (χ3v) is 2.35. The zero-order valence-corrected chi connectivity index (χ0v) is 9.81. The Kier molecular flexibility index (Phi) is 9.56. The van der Waals surface area contributed by atoms with Gasteiger partial charge in [0.2, 0.25) is 0 Å². The lowest BCUT2D eigenvalue weighted by molar-refractivity contribution is -0.165. The SMILES string of the molecule is CCCCCCCCCC(=O)N(O)N=C=O. The van der Waals surface area contributed by atoms with Crippen molar-refractivity contribution in [2.45, 2.75) is 58.3 Å². The van der Waals surface area contributed by atoms with Crippen molar-refractivity contribution in [3.8, 4) is 0 Å². The van der Waals surface area contributed by atoms with Crippen LogP contribution in [-0.2, 0) is 9.59 Å². The van der Waals surface area contributed by atoms with E-state index in [4.69, 9.17) is 5.21 Å². The molecule has 0 unspecified atom stereocenters. The van der Waals surface area contributed by atoms with Crippen LogP contribution in [0.1, 0.15) is 58.3 Å². The van der Waals surface area contributed by atoms with Crippen molar-refractivity contribution < 1.29 is 14.8 Å². The van der Waals surface area contributed by atoms with Crippen LogP contribution in [0.15, 0.2) is 5.10 Å². The van der Waals surface area contributed by atoms with Gasteiger partial charge in [-0.25, -0.2) is 4.79 Å². The molecule has 0 aliphatic carbocycles. The molecule has 0 spiro atoms. The first-order valence-electron chi connectivity index (χ1n) is 5.82. The highest BCUT2D eigenvalue weighted by Crippen LogP contribution is 2.08. The predicted octanol–water partition coefficient (Wildman–Crippen LogP) is 2.60. The summed E-state index contributed by atoms with van der Waals surface area (Å²) in [7, 11) is 0. The Labute approximate surface area is 96.1 Å². The van der Waals surface area contributed by atoms with Gasteiger partial charge < -0.3 is 0 Å². The number of hydroxylamine groups is 1. The number of hydrazone groups is 1. The molecule has 0 aliphatic rings. The summed E-state index contributed by atoms with van der Waals surface area (Å²) in [5, 5.41) is 11.7. The van der Waals surface area contributed by atoms with Gasteiger partial charge in [-0.05, 0) is 6.42 Å². The van der Waals surface area contributed by atoms with E-state index in [1.807, 2.05) is 0 Å². The molecule has 0 saturated heterocycles. The average Bonchev–Trinajstić information content (AvgIpc) is 2.28. The summed E-state index contributed by atoms with van der Waals surface area (Å²) >= 11 is 0. The summed E-state index contributed by atoms with van der Waals surface area (Å²) in [5.41, 5.74) is 0. The normalized spacial score (nSPS) is 9.62. The molecule has 0 bridgehead atoms. The highest BCUT2D eigenvalue weighted by Gasteiger charge is 2.08. The number of hydrogen-bond donors (Lipinski definition) is 1. The van der Waals surface area contributed by atoms with Crippen molar-refractivity contribution in [3.63, 3.8) is 0 Å². The molecule has 0 rings (SSSR count). The van der Waals surface area contributed by atoms with Crippen LogP contribution in [0.3, 0.4) is 0 Å². The van der Waals surface area contributed by atoms with Crippen LogP contribution >= 0.6 is 0 Å². The molecular weight excluding hydrogens is 208 g/mol. The van der Waals surface area contributed by atoms with E-state index in [-0.39, 0.29) is 11.6 Å². The van der Waals surface area contributed by atoms with Crippen LogP contribution in [0.5, 0.6) is 0 Å². The number of isocyanates is 1. The topological polar surface area (TPSA) is 70.0 Å². The van der Waals surface area contributed by atoms with Gasteiger partial charge in [-0.1, -0.05) is 55.7 Å². The molecule has 0 radical (unpaired) electrons. The Hall–Kier alpha value is -1.19. The summed E-state index contributed by atoms with van der Waals surface area (Å²) in [6.45, 7) is 2.17. The Morgan fingerprint density at radius 2 is 1.75 bits per heavy atom. The van der Waals surface area contributed by atoms with Crippen molar-refractivity contribution in [1.29, 1.82) is 0 Å². The van der Waals surface area contributed by atoms with Crippen molar-refractivity contribution in [1.82, 2.24) is 5.17 Å². The van der Waals surface area contributed by atoms with E-state index >= 15 is 0 Å². The van der Waals surface area contributed by atoms with Gasteiger partial charge in [0.05, 0.1) is 0 Å². The standard InChI is InChI=1S/C11H20N2O3/c1-2-3-4-5-6-7-8-9-11(15)13(16)12-10-14/h16H,2-9H2,1H3. The van der Waals surface area contributed by atoms with Gasteiger partial charge in [0.25, 0.3) is 12.0 Å². The van der Waals surface area contributed by atoms with Gasteiger partial charge in [-0.15, -0.1) is 0 Å². The van der Waals surface area contributed by atoms with Crippen LogP contribution < -0.4 is 0 Å². The second-order valence-corrected chi connectivity index (χ2v) is 3.75. The smallest absolute Gasteiger partial charge is 0.269 e. The first-order valence-corrected chi connectivity index (χ1v) is 5.82. The third-order valence-electron chi connectivity index (χ3n) is 2.35. The van der Waals surface area contributed by atoms with E-state index in [0.29, 0.717) is 0 Å². The highest BCUT2D eigenvalue weighted by atomic mass is 16.5. The quantitative estimate of drug-likeness (QED) is 0.217. The van der Waals surface area contributed by atoms with Crippen LogP contribution in [-0.4, -0.2) is 22.4 Å². The molecule has 5 nitrogen and oxygen atoms in total. The largest absolute Gasteiger partial charge is 0.270 e.